The lowest BCUT2D eigenvalue weighted by Gasteiger charge is -2.41. The Balaban J connectivity index is 1.44. The molecule has 3 saturated heterocycles. The number of piperidine rings is 1. The highest BCUT2D eigenvalue weighted by molar-refractivity contribution is 5.86. The number of amides is 2. The maximum absolute atomic E-state index is 13.5. The molecule has 4 rings (SSSR count). The lowest BCUT2D eigenvalue weighted by molar-refractivity contribution is -0.139. The highest BCUT2D eigenvalue weighted by Crippen LogP contribution is 2.43. The number of hydrogen-bond donors (Lipinski definition) is 1. The number of likely N-dealkylation sites (tertiary alicyclic amines) is 1. The number of anilines is 2. The van der Waals surface area contributed by atoms with Crippen LogP contribution in [0.5, 0.6) is 0 Å². The summed E-state index contributed by atoms with van der Waals surface area (Å²) < 4.78 is 10.6. The number of rotatable bonds is 5. The van der Waals surface area contributed by atoms with Gasteiger partial charge >= 0.3 is 6.09 Å². The van der Waals surface area contributed by atoms with E-state index in [2.05, 4.69) is 20.1 Å². The van der Waals surface area contributed by atoms with Crippen LogP contribution in [0.2, 0.25) is 0 Å². The number of nitrogens with one attached hydrogen (secondary N) is 1. The number of carbonyl (C=O) groups is 2. The van der Waals surface area contributed by atoms with Gasteiger partial charge in [0.05, 0.1) is 23.9 Å². The Kier molecular flexibility index (Phi) is 6.65. The highest BCUT2D eigenvalue weighted by Gasteiger charge is 2.50. The van der Waals surface area contributed by atoms with Gasteiger partial charge in [-0.25, -0.2) is 9.78 Å². The predicted octanol–water partition coefficient (Wildman–Crippen LogP) is 3.35. The van der Waals surface area contributed by atoms with E-state index in [1.807, 2.05) is 19.9 Å². The van der Waals surface area contributed by atoms with Crippen molar-refractivity contribution in [2.24, 2.45) is 5.41 Å². The van der Waals surface area contributed by atoms with Crippen LogP contribution >= 0.6 is 0 Å². The number of pyridine rings is 1. The van der Waals surface area contributed by atoms with E-state index in [4.69, 9.17) is 9.47 Å². The fraction of sp³-hybridized carbons (Fsp3) is 0.696. The first-order chi connectivity index (χ1) is 15.0. The summed E-state index contributed by atoms with van der Waals surface area (Å²) in [6.45, 7) is 8.31. The Labute approximate surface area is 184 Å². The van der Waals surface area contributed by atoms with Crippen molar-refractivity contribution in [2.75, 3.05) is 49.7 Å². The molecule has 0 radical (unpaired) electrons. The molecular formula is C23H34N4O4. The normalized spacial score (nSPS) is 24.6. The van der Waals surface area contributed by atoms with Crippen molar-refractivity contribution in [2.45, 2.75) is 58.4 Å². The molecule has 170 valence electrons. The highest BCUT2D eigenvalue weighted by atomic mass is 16.5. The van der Waals surface area contributed by atoms with Gasteiger partial charge in [-0.3, -0.25) is 10.1 Å². The predicted molar refractivity (Wildman–Crippen MR) is 118 cm³/mol. The van der Waals surface area contributed by atoms with Crippen LogP contribution in [0.4, 0.5) is 16.3 Å². The Morgan fingerprint density at radius 3 is 2.87 bits per heavy atom. The van der Waals surface area contributed by atoms with E-state index in [1.54, 1.807) is 6.20 Å². The van der Waals surface area contributed by atoms with Gasteiger partial charge in [0.15, 0.2) is 0 Å². The van der Waals surface area contributed by atoms with Gasteiger partial charge in [0, 0.05) is 38.9 Å². The van der Waals surface area contributed by atoms with Crippen LogP contribution in [-0.4, -0.2) is 67.4 Å². The third kappa shape index (κ3) is 4.63. The number of ether oxygens (including phenoxy) is 2. The smallest absolute Gasteiger partial charge is 0.411 e. The van der Waals surface area contributed by atoms with Gasteiger partial charge < -0.3 is 19.3 Å². The van der Waals surface area contributed by atoms with Gasteiger partial charge in [-0.2, -0.15) is 0 Å². The van der Waals surface area contributed by atoms with Gasteiger partial charge in [-0.1, -0.05) is 6.92 Å². The summed E-state index contributed by atoms with van der Waals surface area (Å²) in [5, 5.41) is 2.73. The fourth-order valence-corrected chi connectivity index (χ4v) is 5.20. The summed E-state index contributed by atoms with van der Waals surface area (Å²) in [5.74, 6) is 1.21. The van der Waals surface area contributed by atoms with Crippen LogP contribution < -0.4 is 10.2 Å². The number of carbonyl (C=O) groups excluding carboxylic acids is 2. The van der Waals surface area contributed by atoms with Crippen LogP contribution in [0.25, 0.3) is 0 Å². The minimum Gasteiger partial charge on any atom is -0.449 e. The molecule has 3 aliphatic rings. The summed E-state index contributed by atoms with van der Waals surface area (Å²) in [6, 6.07) is 2.25. The Bertz CT molecular complexity index is 811. The summed E-state index contributed by atoms with van der Waals surface area (Å²) in [5.41, 5.74) is 1.31. The fourth-order valence-electron chi connectivity index (χ4n) is 5.20. The number of nitrogens with zero attached hydrogens (tertiary/aromatic N) is 3. The molecule has 0 aliphatic carbocycles. The van der Waals surface area contributed by atoms with Crippen LogP contribution in [-0.2, 0) is 14.3 Å². The SMILES string of the molecule is CCCOC(=O)Nc1cnc(N2CCC[C@]3(CCN(C4CCOCC4)C3=O)C2)c(C)c1. The zero-order valence-electron chi connectivity index (χ0n) is 18.7. The molecule has 3 fully saturated rings. The first-order valence-electron chi connectivity index (χ1n) is 11.6. The molecule has 0 saturated carbocycles. The largest absolute Gasteiger partial charge is 0.449 e. The zero-order chi connectivity index (χ0) is 21.8. The van der Waals surface area contributed by atoms with Crippen LogP contribution in [0.15, 0.2) is 12.3 Å². The van der Waals surface area contributed by atoms with Crippen molar-refractivity contribution >= 4 is 23.5 Å². The molecule has 8 heteroatoms. The lowest BCUT2D eigenvalue weighted by Crippen LogP contribution is -2.50. The Morgan fingerprint density at radius 2 is 2.13 bits per heavy atom. The second kappa shape index (κ2) is 9.42. The summed E-state index contributed by atoms with van der Waals surface area (Å²) in [7, 11) is 0. The standard InChI is InChI=1S/C23H34N4O4/c1-3-11-31-22(29)25-18-14-17(2)20(24-15-18)26-9-4-7-23(16-26)8-10-27(21(23)28)19-5-12-30-13-6-19/h14-15,19H,3-13,16H2,1-2H3,(H,25,29)/t23-/m0/s1. The Morgan fingerprint density at radius 1 is 1.32 bits per heavy atom. The molecule has 1 N–H and O–H groups in total. The molecule has 2 amide bonds. The van der Waals surface area contributed by atoms with Gasteiger partial charge in [-0.05, 0) is 57.1 Å². The molecule has 4 heterocycles. The maximum atomic E-state index is 13.5. The molecule has 31 heavy (non-hydrogen) atoms. The molecule has 1 atom stereocenters. The number of hydrogen-bond acceptors (Lipinski definition) is 6. The quantitative estimate of drug-likeness (QED) is 0.771. The van der Waals surface area contributed by atoms with E-state index in [9.17, 15) is 9.59 Å². The minimum absolute atomic E-state index is 0.300. The molecule has 1 aromatic rings. The number of aromatic nitrogens is 1. The van der Waals surface area contributed by atoms with Crippen molar-refractivity contribution < 1.29 is 19.1 Å². The molecule has 3 aliphatic heterocycles. The minimum atomic E-state index is -0.461. The summed E-state index contributed by atoms with van der Waals surface area (Å²) in [6.07, 6.45) is 6.73. The van der Waals surface area contributed by atoms with Gasteiger partial charge in [-0.15, -0.1) is 0 Å². The lowest BCUT2D eigenvalue weighted by atomic mass is 9.78. The summed E-state index contributed by atoms with van der Waals surface area (Å²) in [4.78, 5) is 34.3. The van der Waals surface area contributed by atoms with Crippen molar-refractivity contribution in [1.82, 2.24) is 9.88 Å². The van der Waals surface area contributed by atoms with Gasteiger partial charge in [0.2, 0.25) is 5.91 Å². The van der Waals surface area contributed by atoms with Crippen LogP contribution in [0, 0.1) is 12.3 Å². The average molecular weight is 431 g/mol. The van der Waals surface area contributed by atoms with Crippen molar-refractivity contribution in [3.8, 4) is 0 Å². The van der Waals surface area contributed by atoms with Gasteiger partial charge in [0.25, 0.3) is 0 Å². The second-order valence-corrected chi connectivity index (χ2v) is 9.02. The molecule has 1 aromatic heterocycles. The maximum Gasteiger partial charge on any atom is 0.411 e. The van der Waals surface area contributed by atoms with E-state index in [0.29, 0.717) is 30.8 Å². The van der Waals surface area contributed by atoms with Crippen molar-refractivity contribution in [3.63, 3.8) is 0 Å². The van der Waals surface area contributed by atoms with E-state index in [-0.39, 0.29) is 5.41 Å². The van der Waals surface area contributed by atoms with E-state index in [1.165, 1.54) is 0 Å². The zero-order valence-corrected chi connectivity index (χ0v) is 18.7. The third-order valence-electron chi connectivity index (χ3n) is 6.79. The molecule has 0 aromatic carbocycles. The second-order valence-electron chi connectivity index (χ2n) is 9.02. The molecule has 0 bridgehead atoms. The third-order valence-corrected chi connectivity index (χ3v) is 6.79. The van der Waals surface area contributed by atoms with Crippen LogP contribution in [0.3, 0.4) is 0 Å². The average Bonchev–Trinajstić information content (AvgIpc) is 3.08. The monoisotopic (exact) mass is 430 g/mol. The molecular weight excluding hydrogens is 396 g/mol. The Hall–Kier alpha value is -2.35. The molecule has 8 nitrogen and oxygen atoms in total. The van der Waals surface area contributed by atoms with Crippen molar-refractivity contribution in [3.05, 3.63) is 17.8 Å². The molecule has 0 unspecified atom stereocenters. The first-order valence-corrected chi connectivity index (χ1v) is 11.6. The van der Waals surface area contributed by atoms with Crippen molar-refractivity contribution in [1.29, 1.82) is 0 Å². The van der Waals surface area contributed by atoms with E-state index < -0.39 is 6.09 Å². The molecule has 1 spiro atoms. The van der Waals surface area contributed by atoms with E-state index >= 15 is 0 Å². The van der Waals surface area contributed by atoms with Crippen LogP contribution in [0.1, 0.15) is 51.0 Å². The number of aryl methyl sites for hydroxylation is 1. The summed E-state index contributed by atoms with van der Waals surface area (Å²) >= 11 is 0. The van der Waals surface area contributed by atoms with Gasteiger partial charge in [0.1, 0.15) is 5.82 Å². The van der Waals surface area contributed by atoms with E-state index in [0.717, 1.165) is 76.2 Å². The first kappa shape index (κ1) is 21.9. The topological polar surface area (TPSA) is 84.0 Å².